The molecular formula is C12H17N3O3. The fourth-order valence-electron chi connectivity index (χ4n) is 2.31. The Labute approximate surface area is 105 Å². The Kier molecular flexibility index (Phi) is 3.36. The number of carbonyl (C=O) groups excluding carboxylic acids is 1. The van der Waals surface area contributed by atoms with Gasteiger partial charge in [-0.1, -0.05) is 0 Å². The molecule has 2 rings (SSSR count). The highest BCUT2D eigenvalue weighted by Gasteiger charge is 2.28. The Bertz CT molecular complexity index is 473. The number of carboxylic acid groups (broad SMARTS) is 1. The second kappa shape index (κ2) is 4.80. The van der Waals surface area contributed by atoms with Gasteiger partial charge in [0.15, 0.2) is 0 Å². The van der Waals surface area contributed by atoms with Crippen molar-refractivity contribution in [2.45, 2.75) is 19.8 Å². The van der Waals surface area contributed by atoms with Gasteiger partial charge in [0.2, 0.25) is 0 Å². The van der Waals surface area contributed by atoms with E-state index in [0.717, 1.165) is 0 Å². The molecule has 0 radical (unpaired) electrons. The minimum atomic E-state index is -0.764. The molecule has 1 aliphatic rings. The zero-order valence-corrected chi connectivity index (χ0v) is 10.6. The smallest absolute Gasteiger partial charge is 0.306 e. The first kappa shape index (κ1) is 12.6. The molecule has 0 aliphatic carbocycles. The SMILES string of the molecule is Cc1nn(C)cc1C(=O)N1CCC(C(=O)O)CC1. The van der Waals surface area contributed by atoms with Gasteiger partial charge in [-0.3, -0.25) is 14.3 Å². The lowest BCUT2D eigenvalue weighted by Gasteiger charge is -2.29. The maximum Gasteiger partial charge on any atom is 0.306 e. The molecule has 98 valence electrons. The van der Waals surface area contributed by atoms with Crippen molar-refractivity contribution in [2.75, 3.05) is 13.1 Å². The van der Waals surface area contributed by atoms with Crippen molar-refractivity contribution in [3.05, 3.63) is 17.5 Å². The minimum Gasteiger partial charge on any atom is -0.481 e. The van der Waals surface area contributed by atoms with Crippen LogP contribution in [-0.2, 0) is 11.8 Å². The minimum absolute atomic E-state index is 0.0514. The van der Waals surface area contributed by atoms with Gasteiger partial charge in [-0.05, 0) is 19.8 Å². The number of nitrogens with zero attached hydrogens (tertiary/aromatic N) is 3. The molecule has 1 aromatic rings. The summed E-state index contributed by atoms with van der Waals surface area (Å²) < 4.78 is 1.62. The monoisotopic (exact) mass is 251 g/mol. The first-order valence-electron chi connectivity index (χ1n) is 6.01. The highest BCUT2D eigenvalue weighted by molar-refractivity contribution is 5.95. The Morgan fingerprint density at radius 3 is 2.44 bits per heavy atom. The van der Waals surface area contributed by atoms with E-state index >= 15 is 0 Å². The maximum atomic E-state index is 12.2. The molecule has 1 amide bonds. The van der Waals surface area contributed by atoms with Crippen molar-refractivity contribution in [3.63, 3.8) is 0 Å². The molecule has 1 aromatic heterocycles. The van der Waals surface area contributed by atoms with E-state index in [2.05, 4.69) is 5.10 Å². The number of carboxylic acids is 1. The second-order valence-electron chi connectivity index (χ2n) is 4.71. The van der Waals surface area contributed by atoms with Gasteiger partial charge in [-0.25, -0.2) is 0 Å². The number of carbonyl (C=O) groups is 2. The molecule has 0 bridgehead atoms. The predicted octanol–water partition coefficient (Wildman–Crippen LogP) is 0.665. The van der Waals surface area contributed by atoms with Gasteiger partial charge in [-0.2, -0.15) is 5.10 Å². The topological polar surface area (TPSA) is 75.4 Å². The average molecular weight is 251 g/mol. The van der Waals surface area contributed by atoms with Crippen LogP contribution in [0.4, 0.5) is 0 Å². The predicted molar refractivity (Wildman–Crippen MR) is 64.2 cm³/mol. The van der Waals surface area contributed by atoms with E-state index in [1.54, 1.807) is 29.7 Å². The van der Waals surface area contributed by atoms with Crippen LogP contribution in [0.2, 0.25) is 0 Å². The van der Waals surface area contributed by atoms with Crippen molar-refractivity contribution in [2.24, 2.45) is 13.0 Å². The molecule has 0 atom stereocenters. The first-order valence-corrected chi connectivity index (χ1v) is 6.01. The lowest BCUT2D eigenvalue weighted by atomic mass is 9.97. The third-order valence-corrected chi connectivity index (χ3v) is 3.38. The van der Waals surface area contributed by atoms with Gasteiger partial charge in [0.05, 0.1) is 17.2 Å². The van der Waals surface area contributed by atoms with Gasteiger partial charge >= 0.3 is 5.97 Å². The van der Waals surface area contributed by atoms with Crippen LogP contribution in [0.3, 0.4) is 0 Å². The second-order valence-corrected chi connectivity index (χ2v) is 4.71. The average Bonchev–Trinajstić information content (AvgIpc) is 2.67. The number of aryl methyl sites for hydroxylation is 2. The summed E-state index contributed by atoms with van der Waals surface area (Å²) in [6.45, 7) is 2.81. The molecule has 0 unspecified atom stereocenters. The standard InChI is InChI=1S/C12H17N3O3/c1-8-10(7-14(2)13-8)11(16)15-5-3-9(4-6-15)12(17)18/h7,9H,3-6H2,1-2H3,(H,17,18). The highest BCUT2D eigenvalue weighted by atomic mass is 16.4. The number of aromatic nitrogens is 2. The maximum absolute atomic E-state index is 12.2. The number of likely N-dealkylation sites (tertiary alicyclic amines) is 1. The lowest BCUT2D eigenvalue weighted by Crippen LogP contribution is -2.40. The molecule has 18 heavy (non-hydrogen) atoms. The quantitative estimate of drug-likeness (QED) is 0.838. The van der Waals surface area contributed by atoms with Crippen LogP contribution in [-0.4, -0.2) is 44.8 Å². The molecule has 1 aliphatic heterocycles. The first-order chi connectivity index (χ1) is 8.49. The van der Waals surface area contributed by atoms with E-state index < -0.39 is 5.97 Å². The number of aliphatic carboxylic acids is 1. The Morgan fingerprint density at radius 2 is 2.00 bits per heavy atom. The summed E-state index contributed by atoms with van der Waals surface area (Å²) in [6, 6.07) is 0. The van der Waals surface area contributed by atoms with E-state index in [9.17, 15) is 9.59 Å². The zero-order chi connectivity index (χ0) is 13.3. The summed E-state index contributed by atoms with van der Waals surface area (Å²) in [5, 5.41) is 13.1. The number of hydrogen-bond acceptors (Lipinski definition) is 3. The molecule has 0 saturated carbocycles. The largest absolute Gasteiger partial charge is 0.481 e. The lowest BCUT2D eigenvalue weighted by molar-refractivity contribution is -0.143. The molecule has 1 N–H and O–H groups in total. The molecule has 6 nitrogen and oxygen atoms in total. The van der Waals surface area contributed by atoms with Crippen LogP contribution in [0, 0.1) is 12.8 Å². The molecule has 1 saturated heterocycles. The number of amides is 1. The molecule has 1 fully saturated rings. The van der Waals surface area contributed by atoms with Gasteiger partial charge < -0.3 is 10.0 Å². The summed E-state index contributed by atoms with van der Waals surface area (Å²) in [4.78, 5) is 24.8. The van der Waals surface area contributed by atoms with Crippen molar-refractivity contribution in [1.29, 1.82) is 0 Å². The Hall–Kier alpha value is -1.85. The van der Waals surface area contributed by atoms with E-state index in [-0.39, 0.29) is 11.8 Å². The summed E-state index contributed by atoms with van der Waals surface area (Å²) >= 11 is 0. The summed E-state index contributed by atoms with van der Waals surface area (Å²) in [6.07, 6.45) is 2.77. The molecule has 0 aromatic carbocycles. The summed E-state index contributed by atoms with van der Waals surface area (Å²) in [5.74, 6) is -1.13. The van der Waals surface area contributed by atoms with E-state index in [4.69, 9.17) is 5.11 Å². The van der Waals surface area contributed by atoms with E-state index in [0.29, 0.717) is 37.2 Å². The molecule has 0 spiro atoms. The third kappa shape index (κ3) is 2.37. The van der Waals surface area contributed by atoms with Crippen LogP contribution in [0.5, 0.6) is 0 Å². The fraction of sp³-hybridized carbons (Fsp3) is 0.583. The molecule has 6 heteroatoms. The summed E-state index contributed by atoms with van der Waals surface area (Å²) in [5.41, 5.74) is 1.31. The highest BCUT2D eigenvalue weighted by Crippen LogP contribution is 2.19. The number of rotatable bonds is 2. The van der Waals surface area contributed by atoms with Gasteiger partial charge in [0, 0.05) is 26.3 Å². The van der Waals surface area contributed by atoms with Crippen LogP contribution in [0.1, 0.15) is 28.9 Å². The molecular weight excluding hydrogens is 234 g/mol. The van der Waals surface area contributed by atoms with Crippen molar-refractivity contribution in [3.8, 4) is 0 Å². The number of hydrogen-bond donors (Lipinski definition) is 1. The number of piperidine rings is 1. The van der Waals surface area contributed by atoms with E-state index in [1.807, 2.05) is 0 Å². The van der Waals surface area contributed by atoms with Crippen LogP contribution in [0.15, 0.2) is 6.20 Å². The fourth-order valence-corrected chi connectivity index (χ4v) is 2.31. The van der Waals surface area contributed by atoms with Crippen LogP contribution >= 0.6 is 0 Å². The normalized spacial score (nSPS) is 16.9. The third-order valence-electron chi connectivity index (χ3n) is 3.38. The Balaban J connectivity index is 2.04. The molecule has 2 heterocycles. The van der Waals surface area contributed by atoms with Crippen LogP contribution in [0.25, 0.3) is 0 Å². The van der Waals surface area contributed by atoms with Crippen molar-refractivity contribution >= 4 is 11.9 Å². The Morgan fingerprint density at radius 1 is 1.39 bits per heavy atom. The van der Waals surface area contributed by atoms with E-state index in [1.165, 1.54) is 0 Å². The van der Waals surface area contributed by atoms with Gasteiger partial charge in [0.1, 0.15) is 0 Å². The van der Waals surface area contributed by atoms with Crippen molar-refractivity contribution in [1.82, 2.24) is 14.7 Å². The van der Waals surface area contributed by atoms with Crippen molar-refractivity contribution < 1.29 is 14.7 Å². The zero-order valence-electron chi connectivity index (χ0n) is 10.6. The van der Waals surface area contributed by atoms with Gasteiger partial charge in [0.25, 0.3) is 5.91 Å². The van der Waals surface area contributed by atoms with Gasteiger partial charge in [-0.15, -0.1) is 0 Å². The summed E-state index contributed by atoms with van der Waals surface area (Å²) in [7, 11) is 1.78. The van der Waals surface area contributed by atoms with Crippen LogP contribution < -0.4 is 0 Å².